The van der Waals surface area contributed by atoms with E-state index in [1.807, 2.05) is 0 Å². The van der Waals surface area contributed by atoms with E-state index < -0.39 is 0 Å². The highest BCUT2D eigenvalue weighted by Gasteiger charge is 2.25. The normalized spacial score (nSPS) is 12.3. The van der Waals surface area contributed by atoms with Gasteiger partial charge in [-0.25, -0.2) is 0 Å². The lowest BCUT2D eigenvalue weighted by Gasteiger charge is -2.10. The third kappa shape index (κ3) is 2.83. The van der Waals surface area contributed by atoms with E-state index >= 15 is 0 Å². The molecule has 0 radical (unpaired) electrons. The number of benzene rings is 7. The predicted octanol–water partition coefficient (Wildman–Crippen LogP) is 10.9. The number of nitrogens with one attached hydrogen (secondary N) is 1. The van der Waals surface area contributed by atoms with Gasteiger partial charge in [0.1, 0.15) is 0 Å². The number of hydrogen-bond acceptors (Lipinski definition) is 0. The van der Waals surface area contributed by atoms with Crippen molar-refractivity contribution in [3.63, 3.8) is 0 Å². The molecule has 0 saturated carbocycles. The first-order chi connectivity index (χ1) is 20.8. The Morgan fingerprint density at radius 1 is 0.452 bits per heavy atom. The maximum Gasteiger partial charge on any atom is 0.0551 e. The topological polar surface area (TPSA) is 20.7 Å². The average Bonchev–Trinajstić information content (AvgIpc) is 3.70. The van der Waals surface area contributed by atoms with Crippen LogP contribution < -0.4 is 0 Å². The molecule has 0 aliphatic heterocycles. The largest absolute Gasteiger partial charge is 0.354 e. The van der Waals surface area contributed by atoms with Crippen LogP contribution in [0.5, 0.6) is 0 Å². The van der Waals surface area contributed by atoms with E-state index in [2.05, 4.69) is 149 Å². The molecule has 0 spiro atoms. The van der Waals surface area contributed by atoms with Crippen LogP contribution in [-0.2, 0) is 0 Å². The quantitative estimate of drug-likeness (QED) is 0.229. The number of rotatable bonds is 2. The van der Waals surface area contributed by atoms with Gasteiger partial charge in [-0.1, -0.05) is 103 Å². The second-order valence-electron chi connectivity index (χ2n) is 11.4. The maximum absolute atomic E-state index is 3.73. The van der Waals surface area contributed by atoms with E-state index in [4.69, 9.17) is 0 Å². The fraction of sp³-hybridized carbons (Fsp3) is 0. The molecule has 1 N–H and O–H groups in total. The molecule has 0 amide bonds. The smallest absolute Gasteiger partial charge is 0.0551 e. The maximum atomic E-state index is 3.73. The minimum atomic E-state index is 1.17. The molecular weight excluding hydrogens is 508 g/mol. The molecule has 2 aromatic heterocycles. The average molecular weight is 533 g/mol. The molecule has 42 heavy (non-hydrogen) atoms. The van der Waals surface area contributed by atoms with Gasteiger partial charge in [0, 0.05) is 38.5 Å². The first kappa shape index (κ1) is 22.1. The van der Waals surface area contributed by atoms with Gasteiger partial charge in [-0.05, 0) is 74.6 Å². The van der Waals surface area contributed by atoms with Crippen LogP contribution in [-0.4, -0.2) is 9.55 Å². The Morgan fingerprint density at radius 3 is 2.07 bits per heavy atom. The first-order valence-electron chi connectivity index (χ1n) is 14.5. The monoisotopic (exact) mass is 532 g/mol. The highest BCUT2D eigenvalue weighted by Crippen LogP contribution is 2.50. The van der Waals surface area contributed by atoms with Gasteiger partial charge < -0.3 is 9.55 Å². The summed E-state index contributed by atoms with van der Waals surface area (Å²) in [6, 6.07) is 51.1. The number of H-pyrrole nitrogens is 1. The van der Waals surface area contributed by atoms with Crippen molar-refractivity contribution in [3.8, 4) is 39.2 Å². The van der Waals surface area contributed by atoms with Gasteiger partial charge in [-0.3, -0.25) is 0 Å². The van der Waals surface area contributed by atoms with E-state index in [1.165, 1.54) is 93.5 Å². The predicted molar refractivity (Wildman–Crippen MR) is 178 cm³/mol. The lowest BCUT2D eigenvalue weighted by Crippen LogP contribution is -1.93. The van der Waals surface area contributed by atoms with Gasteiger partial charge in [-0.2, -0.15) is 0 Å². The van der Waals surface area contributed by atoms with Gasteiger partial charge in [0.15, 0.2) is 0 Å². The molecule has 0 saturated heterocycles. The minimum Gasteiger partial charge on any atom is -0.354 e. The second-order valence-corrected chi connectivity index (χ2v) is 11.4. The van der Waals surface area contributed by atoms with E-state index in [-0.39, 0.29) is 0 Å². The van der Waals surface area contributed by atoms with Crippen LogP contribution in [0.2, 0.25) is 0 Å². The zero-order valence-electron chi connectivity index (χ0n) is 22.7. The number of aromatic amines is 1. The van der Waals surface area contributed by atoms with Crippen LogP contribution in [0.25, 0.3) is 93.5 Å². The number of nitrogens with zero attached hydrogens (tertiary/aromatic N) is 1. The highest BCUT2D eigenvalue weighted by molar-refractivity contribution is 6.22. The highest BCUT2D eigenvalue weighted by atomic mass is 15.0. The summed E-state index contributed by atoms with van der Waals surface area (Å²) in [5.41, 5.74) is 12.5. The fourth-order valence-electron chi connectivity index (χ4n) is 7.43. The molecule has 0 fully saturated rings. The van der Waals surface area contributed by atoms with Gasteiger partial charge in [-0.15, -0.1) is 0 Å². The Hall–Kier alpha value is -5.60. The molecule has 2 heterocycles. The molecule has 1 aliphatic rings. The lowest BCUT2D eigenvalue weighted by atomic mass is 9.99. The van der Waals surface area contributed by atoms with Crippen LogP contribution in [0, 0.1) is 0 Å². The van der Waals surface area contributed by atoms with Gasteiger partial charge in [0.05, 0.1) is 16.7 Å². The summed E-state index contributed by atoms with van der Waals surface area (Å²) < 4.78 is 2.40. The molecule has 10 rings (SSSR count). The van der Waals surface area contributed by atoms with Crippen molar-refractivity contribution in [2.75, 3.05) is 0 Å². The Labute approximate surface area is 242 Å². The van der Waals surface area contributed by atoms with E-state index in [0.29, 0.717) is 0 Å². The Kier molecular flexibility index (Phi) is 4.21. The van der Waals surface area contributed by atoms with E-state index in [9.17, 15) is 0 Å². The summed E-state index contributed by atoms with van der Waals surface area (Å²) in [6.07, 6.45) is 0. The molecule has 194 valence electrons. The van der Waals surface area contributed by atoms with Crippen molar-refractivity contribution in [1.82, 2.24) is 9.55 Å². The molecule has 9 aromatic rings. The molecule has 2 heteroatoms. The SMILES string of the molecule is c1cc2c3c(cccc3c1)-c1c-2[nH]c2ccc(-c3ccc(-n4c5ccccc5c5c6ccccc6ccc54)cc3)cc12. The van der Waals surface area contributed by atoms with Crippen molar-refractivity contribution >= 4 is 54.3 Å². The molecule has 0 atom stereocenters. The summed E-state index contributed by atoms with van der Waals surface area (Å²) in [5, 5.41) is 9.11. The Balaban J connectivity index is 1.13. The standard InChI is InChI=1S/C40H24N2/c1-2-10-29-25(7-1)18-22-36-38(29)30-11-3-4-14-35(30)42(36)28-19-15-24(16-20-28)27-17-21-34-33(23-27)39-31-12-5-8-26-9-6-13-32(37(26)31)40(39)41-34/h1-23,41H. The summed E-state index contributed by atoms with van der Waals surface area (Å²) in [7, 11) is 0. The third-order valence-corrected chi connectivity index (χ3v) is 9.26. The van der Waals surface area contributed by atoms with Crippen molar-refractivity contribution in [3.05, 3.63) is 140 Å². The van der Waals surface area contributed by atoms with Gasteiger partial charge in [0.2, 0.25) is 0 Å². The summed E-state index contributed by atoms with van der Waals surface area (Å²) >= 11 is 0. The van der Waals surface area contributed by atoms with Crippen LogP contribution in [0.4, 0.5) is 0 Å². The lowest BCUT2D eigenvalue weighted by molar-refractivity contribution is 1.18. The third-order valence-electron chi connectivity index (χ3n) is 9.26. The van der Waals surface area contributed by atoms with Crippen LogP contribution in [0.15, 0.2) is 140 Å². The number of para-hydroxylation sites is 1. The molecular formula is C40H24N2. The number of fused-ring (bicyclic) bond motifs is 10. The summed E-state index contributed by atoms with van der Waals surface area (Å²) in [5.74, 6) is 0. The van der Waals surface area contributed by atoms with Crippen LogP contribution in [0.1, 0.15) is 0 Å². The molecule has 7 aromatic carbocycles. The Morgan fingerprint density at radius 2 is 1.19 bits per heavy atom. The second kappa shape index (κ2) is 7.99. The van der Waals surface area contributed by atoms with Gasteiger partial charge in [0.25, 0.3) is 0 Å². The van der Waals surface area contributed by atoms with Crippen molar-refractivity contribution in [1.29, 1.82) is 0 Å². The fourth-order valence-corrected chi connectivity index (χ4v) is 7.43. The van der Waals surface area contributed by atoms with Crippen molar-refractivity contribution < 1.29 is 0 Å². The van der Waals surface area contributed by atoms with Crippen LogP contribution in [0.3, 0.4) is 0 Å². The summed E-state index contributed by atoms with van der Waals surface area (Å²) in [6.45, 7) is 0. The minimum absolute atomic E-state index is 1.17. The molecule has 1 aliphatic carbocycles. The number of hydrogen-bond donors (Lipinski definition) is 1. The number of aromatic nitrogens is 2. The Bertz CT molecular complexity index is 2550. The van der Waals surface area contributed by atoms with Crippen LogP contribution >= 0.6 is 0 Å². The van der Waals surface area contributed by atoms with Crippen molar-refractivity contribution in [2.45, 2.75) is 0 Å². The van der Waals surface area contributed by atoms with Gasteiger partial charge >= 0.3 is 0 Å². The molecule has 2 nitrogen and oxygen atoms in total. The van der Waals surface area contributed by atoms with E-state index in [0.717, 1.165) is 0 Å². The summed E-state index contributed by atoms with van der Waals surface area (Å²) in [4.78, 5) is 3.73. The van der Waals surface area contributed by atoms with E-state index in [1.54, 1.807) is 0 Å². The van der Waals surface area contributed by atoms with Crippen molar-refractivity contribution in [2.24, 2.45) is 0 Å². The first-order valence-corrected chi connectivity index (χ1v) is 14.5. The zero-order chi connectivity index (χ0) is 27.4. The molecule has 0 unspecified atom stereocenters. The molecule has 0 bridgehead atoms. The zero-order valence-corrected chi connectivity index (χ0v) is 22.7.